The van der Waals surface area contributed by atoms with Crippen LogP contribution >= 0.6 is 0 Å². The Morgan fingerprint density at radius 3 is 2.17 bits per heavy atom. The predicted molar refractivity (Wildman–Crippen MR) is 120 cm³/mol. The van der Waals surface area contributed by atoms with Gasteiger partial charge in [0.05, 0.1) is 22.9 Å². The minimum absolute atomic E-state index is 0.306. The maximum atomic E-state index is 14.3. The Hall–Kier alpha value is -2.73. The van der Waals surface area contributed by atoms with Gasteiger partial charge in [-0.15, -0.1) is 0 Å². The summed E-state index contributed by atoms with van der Waals surface area (Å²) >= 11 is 0. The first kappa shape index (κ1) is 18.1. The summed E-state index contributed by atoms with van der Waals surface area (Å²) in [5.41, 5.74) is 3.54. The summed E-state index contributed by atoms with van der Waals surface area (Å²) in [6, 6.07) is 10.1. The van der Waals surface area contributed by atoms with Crippen LogP contribution in [0, 0.1) is 6.57 Å². The second kappa shape index (κ2) is 6.38. The summed E-state index contributed by atoms with van der Waals surface area (Å²) in [4.78, 5) is 22.9. The maximum absolute atomic E-state index is 14.3. The van der Waals surface area contributed by atoms with E-state index in [0.29, 0.717) is 11.5 Å². The van der Waals surface area contributed by atoms with Gasteiger partial charge in [0.25, 0.3) is 0 Å². The SMILES string of the molecule is [C-]#[N+]c1cccc2c1ccc1c3c(cnc12)C1(CCCCC1)C(=O)C31CCCCC1. The minimum Gasteiger partial charge on any atom is -0.298 e. The number of hydrogen-bond acceptors (Lipinski definition) is 2. The fourth-order valence-corrected chi connectivity index (χ4v) is 6.96. The number of carbonyl (C=O) groups is 1. The number of aromatic nitrogens is 1. The third-order valence-electron chi connectivity index (χ3n) is 8.27. The average molecular weight is 395 g/mol. The molecule has 1 aromatic heterocycles. The Bertz CT molecular complexity index is 1240. The van der Waals surface area contributed by atoms with Crippen molar-refractivity contribution in [2.45, 2.75) is 75.0 Å². The molecule has 3 nitrogen and oxygen atoms in total. The van der Waals surface area contributed by atoms with Gasteiger partial charge in [0, 0.05) is 11.6 Å². The zero-order valence-electron chi connectivity index (χ0n) is 17.3. The molecule has 30 heavy (non-hydrogen) atoms. The van der Waals surface area contributed by atoms with Crippen LogP contribution in [0.2, 0.25) is 0 Å². The van der Waals surface area contributed by atoms with E-state index in [1.807, 2.05) is 18.3 Å². The lowest BCUT2D eigenvalue weighted by Gasteiger charge is -2.38. The second-order valence-corrected chi connectivity index (χ2v) is 9.61. The number of hydrogen-bond donors (Lipinski definition) is 0. The van der Waals surface area contributed by atoms with Gasteiger partial charge in [0.15, 0.2) is 11.5 Å². The van der Waals surface area contributed by atoms with Crippen LogP contribution in [0.15, 0.2) is 36.5 Å². The van der Waals surface area contributed by atoms with Crippen molar-refractivity contribution < 1.29 is 4.79 Å². The van der Waals surface area contributed by atoms with Gasteiger partial charge >= 0.3 is 0 Å². The lowest BCUT2D eigenvalue weighted by Crippen LogP contribution is -2.44. The largest absolute Gasteiger partial charge is 0.298 e. The van der Waals surface area contributed by atoms with E-state index in [-0.39, 0.29) is 10.8 Å². The molecule has 150 valence electrons. The molecule has 1 heterocycles. The molecule has 2 spiro atoms. The predicted octanol–water partition coefficient (Wildman–Crippen LogP) is 6.93. The molecular formula is C27H26N2O. The normalized spacial score (nSPS) is 21.9. The van der Waals surface area contributed by atoms with Crippen LogP contribution < -0.4 is 0 Å². The topological polar surface area (TPSA) is 34.3 Å². The van der Waals surface area contributed by atoms with Crippen LogP contribution in [0.1, 0.15) is 75.3 Å². The zero-order valence-corrected chi connectivity index (χ0v) is 17.3. The molecule has 0 radical (unpaired) electrons. The van der Waals surface area contributed by atoms with Crippen molar-refractivity contribution in [1.29, 1.82) is 0 Å². The van der Waals surface area contributed by atoms with E-state index >= 15 is 0 Å². The van der Waals surface area contributed by atoms with Gasteiger partial charge in [-0.3, -0.25) is 9.78 Å². The Morgan fingerprint density at radius 2 is 1.47 bits per heavy atom. The van der Waals surface area contributed by atoms with E-state index in [0.717, 1.165) is 73.0 Å². The van der Waals surface area contributed by atoms with Crippen molar-refractivity contribution in [2.24, 2.45) is 0 Å². The molecule has 0 amide bonds. The highest BCUT2D eigenvalue weighted by Crippen LogP contribution is 2.59. The van der Waals surface area contributed by atoms with Crippen molar-refractivity contribution in [2.75, 3.05) is 0 Å². The second-order valence-electron chi connectivity index (χ2n) is 9.61. The van der Waals surface area contributed by atoms with Crippen LogP contribution in [-0.4, -0.2) is 10.8 Å². The summed E-state index contributed by atoms with van der Waals surface area (Å²) in [6.45, 7) is 7.53. The van der Waals surface area contributed by atoms with E-state index < -0.39 is 0 Å². The fourth-order valence-electron chi connectivity index (χ4n) is 6.96. The summed E-state index contributed by atoms with van der Waals surface area (Å²) in [5.74, 6) is 0.508. The van der Waals surface area contributed by atoms with Crippen molar-refractivity contribution in [1.82, 2.24) is 4.98 Å². The summed E-state index contributed by atoms with van der Waals surface area (Å²) in [5, 5.41) is 3.15. The molecule has 0 saturated heterocycles. The van der Waals surface area contributed by atoms with Gasteiger partial charge in [0.2, 0.25) is 0 Å². The van der Waals surface area contributed by atoms with E-state index in [9.17, 15) is 4.79 Å². The molecule has 3 aliphatic carbocycles. The summed E-state index contributed by atoms with van der Waals surface area (Å²) in [7, 11) is 0. The molecular weight excluding hydrogens is 368 g/mol. The van der Waals surface area contributed by atoms with Crippen LogP contribution in [0.5, 0.6) is 0 Å². The number of carbonyl (C=O) groups excluding carboxylic acids is 1. The van der Waals surface area contributed by atoms with E-state index in [4.69, 9.17) is 11.6 Å². The number of Topliss-reactive ketones (excluding diaryl/α,β-unsaturated/α-hetero) is 1. The third-order valence-corrected chi connectivity index (χ3v) is 8.27. The standard InChI is InChI=1S/C27H26N2O/c1-28-22-10-8-9-19-18(22)11-12-20-23-21(17-29-24(19)20)26(13-4-2-5-14-26)25(30)27(23)15-6-3-7-16-27/h8-12,17H,2-7,13-16H2. The fraction of sp³-hybridized carbons (Fsp3) is 0.444. The molecule has 0 atom stereocenters. The molecule has 2 saturated carbocycles. The number of rotatable bonds is 0. The molecule has 2 fully saturated rings. The van der Waals surface area contributed by atoms with Crippen LogP contribution in [0.4, 0.5) is 5.69 Å². The lowest BCUT2D eigenvalue weighted by molar-refractivity contribution is -0.131. The molecule has 3 aromatic rings. The monoisotopic (exact) mass is 394 g/mol. The van der Waals surface area contributed by atoms with Crippen molar-refractivity contribution in [3.05, 3.63) is 59.1 Å². The number of benzene rings is 2. The Labute approximate surface area is 177 Å². The van der Waals surface area contributed by atoms with Crippen LogP contribution in [-0.2, 0) is 15.6 Å². The number of ketones is 1. The lowest BCUT2D eigenvalue weighted by atomic mass is 9.63. The minimum atomic E-state index is -0.322. The molecule has 2 aromatic carbocycles. The molecule has 0 N–H and O–H groups in total. The first-order valence-electron chi connectivity index (χ1n) is 11.5. The van der Waals surface area contributed by atoms with Gasteiger partial charge < -0.3 is 0 Å². The van der Waals surface area contributed by atoms with Gasteiger partial charge in [0.1, 0.15) is 0 Å². The van der Waals surface area contributed by atoms with E-state index in [1.54, 1.807) is 0 Å². The van der Waals surface area contributed by atoms with Crippen LogP contribution in [0.25, 0.3) is 26.5 Å². The van der Waals surface area contributed by atoms with Gasteiger partial charge in [-0.1, -0.05) is 68.9 Å². The smallest absolute Gasteiger partial charge is 0.194 e. The van der Waals surface area contributed by atoms with Gasteiger partial charge in [-0.25, -0.2) is 4.85 Å². The number of nitrogens with zero attached hydrogens (tertiary/aromatic N) is 2. The average Bonchev–Trinajstić information content (AvgIpc) is 2.99. The molecule has 0 unspecified atom stereocenters. The first-order chi connectivity index (χ1) is 14.7. The Kier molecular flexibility index (Phi) is 3.84. The van der Waals surface area contributed by atoms with Crippen LogP contribution in [0.3, 0.4) is 0 Å². The molecule has 6 rings (SSSR count). The van der Waals surface area contributed by atoms with E-state index in [2.05, 4.69) is 23.0 Å². The van der Waals surface area contributed by atoms with Crippen molar-refractivity contribution >= 4 is 33.1 Å². The summed E-state index contributed by atoms with van der Waals surface area (Å²) in [6.07, 6.45) is 13.0. The van der Waals surface area contributed by atoms with Gasteiger partial charge in [-0.05, 0) is 47.6 Å². The van der Waals surface area contributed by atoms with Crippen molar-refractivity contribution in [3.8, 4) is 0 Å². The highest BCUT2D eigenvalue weighted by Gasteiger charge is 2.60. The quantitative estimate of drug-likeness (QED) is 0.306. The highest BCUT2D eigenvalue weighted by atomic mass is 16.1. The van der Waals surface area contributed by atoms with Crippen molar-refractivity contribution in [3.63, 3.8) is 0 Å². The first-order valence-corrected chi connectivity index (χ1v) is 11.5. The molecule has 0 bridgehead atoms. The molecule has 3 aliphatic rings. The Morgan fingerprint density at radius 1 is 0.800 bits per heavy atom. The zero-order chi connectivity index (χ0) is 20.3. The number of pyridine rings is 1. The van der Waals surface area contributed by atoms with E-state index in [1.165, 1.54) is 24.0 Å². The third kappa shape index (κ3) is 2.15. The summed E-state index contributed by atoms with van der Waals surface area (Å²) < 4.78 is 0. The molecule has 3 heteroatoms. The maximum Gasteiger partial charge on any atom is 0.194 e. The highest BCUT2D eigenvalue weighted by molar-refractivity contribution is 6.14. The molecule has 0 aliphatic heterocycles. The Balaban J connectivity index is 1.71. The van der Waals surface area contributed by atoms with Gasteiger partial charge in [-0.2, -0.15) is 0 Å². The number of fused-ring (bicyclic) bond motifs is 7.